The number of likely N-dealkylation sites (tertiary alicyclic amines) is 1. The second-order valence-electron chi connectivity index (χ2n) is 8.25. The lowest BCUT2D eigenvalue weighted by Gasteiger charge is -2.38. The maximum Gasteiger partial charge on any atom is 0.258 e. The third-order valence-corrected chi connectivity index (χ3v) is 5.88. The van der Waals surface area contributed by atoms with Crippen LogP contribution in [0.25, 0.3) is 0 Å². The summed E-state index contributed by atoms with van der Waals surface area (Å²) >= 11 is 0. The van der Waals surface area contributed by atoms with Crippen molar-refractivity contribution in [1.82, 2.24) is 9.88 Å². The highest BCUT2D eigenvalue weighted by molar-refractivity contribution is 6.06. The summed E-state index contributed by atoms with van der Waals surface area (Å²) in [6.45, 7) is 6.99. The molecule has 4 nitrogen and oxygen atoms in total. The Kier molecular flexibility index (Phi) is 6.24. The van der Waals surface area contributed by atoms with Crippen molar-refractivity contribution in [3.05, 3.63) is 95.3 Å². The molecule has 0 unspecified atom stereocenters. The van der Waals surface area contributed by atoms with Gasteiger partial charge in [-0.3, -0.25) is 14.7 Å². The first kappa shape index (κ1) is 20.3. The van der Waals surface area contributed by atoms with E-state index in [1.807, 2.05) is 54.5 Å². The monoisotopic (exact) mass is 399 g/mol. The lowest BCUT2D eigenvalue weighted by molar-refractivity contribution is 0.0958. The number of rotatable bonds is 5. The topological polar surface area (TPSA) is 36.4 Å². The van der Waals surface area contributed by atoms with Gasteiger partial charge in [0.25, 0.3) is 5.91 Å². The molecule has 0 aliphatic carbocycles. The quantitative estimate of drug-likeness (QED) is 0.605. The molecule has 154 valence electrons. The molecule has 2 heterocycles. The molecule has 30 heavy (non-hydrogen) atoms. The second kappa shape index (κ2) is 9.23. The van der Waals surface area contributed by atoms with Gasteiger partial charge in [0, 0.05) is 49.3 Å². The highest BCUT2D eigenvalue weighted by Gasteiger charge is 2.30. The molecule has 1 aliphatic rings. The molecule has 0 spiro atoms. The van der Waals surface area contributed by atoms with E-state index in [2.05, 4.69) is 47.1 Å². The van der Waals surface area contributed by atoms with Gasteiger partial charge in [-0.25, -0.2) is 0 Å². The maximum atomic E-state index is 13.5. The summed E-state index contributed by atoms with van der Waals surface area (Å²) in [5, 5.41) is 0. The van der Waals surface area contributed by atoms with Gasteiger partial charge in [0.1, 0.15) is 0 Å². The number of aryl methyl sites for hydroxylation is 2. The van der Waals surface area contributed by atoms with E-state index in [4.69, 9.17) is 0 Å². The van der Waals surface area contributed by atoms with E-state index in [0.717, 1.165) is 49.3 Å². The average molecular weight is 400 g/mol. The van der Waals surface area contributed by atoms with Crippen LogP contribution in [0, 0.1) is 13.8 Å². The number of benzene rings is 2. The van der Waals surface area contributed by atoms with Crippen molar-refractivity contribution in [3.63, 3.8) is 0 Å². The zero-order valence-corrected chi connectivity index (χ0v) is 17.8. The van der Waals surface area contributed by atoms with Gasteiger partial charge in [0.15, 0.2) is 0 Å². The van der Waals surface area contributed by atoms with Crippen LogP contribution in [-0.4, -0.2) is 34.9 Å². The van der Waals surface area contributed by atoms with Crippen LogP contribution in [0.5, 0.6) is 0 Å². The minimum absolute atomic E-state index is 0.0876. The summed E-state index contributed by atoms with van der Waals surface area (Å²) in [7, 11) is 0. The molecule has 0 radical (unpaired) electrons. The highest BCUT2D eigenvalue weighted by Crippen LogP contribution is 2.27. The smallest absolute Gasteiger partial charge is 0.258 e. The first-order valence-corrected chi connectivity index (χ1v) is 10.7. The van der Waals surface area contributed by atoms with Gasteiger partial charge in [-0.15, -0.1) is 0 Å². The number of amides is 1. The summed E-state index contributed by atoms with van der Waals surface area (Å²) in [5.74, 6) is 0.0876. The van der Waals surface area contributed by atoms with Crippen molar-refractivity contribution in [1.29, 1.82) is 0 Å². The predicted octanol–water partition coefficient (Wildman–Crippen LogP) is 5.01. The molecule has 1 amide bonds. The van der Waals surface area contributed by atoms with E-state index in [9.17, 15) is 4.79 Å². The van der Waals surface area contributed by atoms with E-state index >= 15 is 0 Å². The lowest BCUT2D eigenvalue weighted by atomic mass is 10.00. The molecule has 3 aromatic rings. The zero-order valence-electron chi connectivity index (χ0n) is 17.8. The average Bonchev–Trinajstić information content (AvgIpc) is 2.77. The summed E-state index contributed by atoms with van der Waals surface area (Å²) < 4.78 is 0. The number of anilines is 1. The Hall–Kier alpha value is -2.98. The Balaban J connectivity index is 1.52. The third kappa shape index (κ3) is 4.77. The largest absolute Gasteiger partial charge is 0.305 e. The minimum atomic E-state index is 0.0876. The number of piperidine rings is 1. The maximum absolute atomic E-state index is 13.5. The van der Waals surface area contributed by atoms with Crippen LogP contribution in [0.15, 0.2) is 73.1 Å². The van der Waals surface area contributed by atoms with Crippen LogP contribution in [0.3, 0.4) is 0 Å². The van der Waals surface area contributed by atoms with Gasteiger partial charge in [-0.2, -0.15) is 0 Å². The SMILES string of the molecule is Cc1ccc(C(=O)N(c2ccc(C)cc2)C2CCN(Cc3cccnc3)CC2)cc1. The van der Waals surface area contributed by atoms with E-state index in [1.54, 1.807) is 0 Å². The number of nitrogens with zero attached hydrogens (tertiary/aromatic N) is 3. The van der Waals surface area contributed by atoms with Crippen molar-refractivity contribution >= 4 is 11.6 Å². The van der Waals surface area contributed by atoms with Crippen LogP contribution >= 0.6 is 0 Å². The van der Waals surface area contributed by atoms with Crippen LogP contribution < -0.4 is 4.90 Å². The molecule has 1 aromatic heterocycles. The second-order valence-corrected chi connectivity index (χ2v) is 8.25. The number of aromatic nitrogens is 1. The third-order valence-electron chi connectivity index (χ3n) is 5.88. The zero-order chi connectivity index (χ0) is 20.9. The first-order valence-electron chi connectivity index (χ1n) is 10.7. The fourth-order valence-electron chi connectivity index (χ4n) is 4.12. The van der Waals surface area contributed by atoms with Crippen molar-refractivity contribution in [3.8, 4) is 0 Å². The van der Waals surface area contributed by atoms with Gasteiger partial charge < -0.3 is 4.90 Å². The van der Waals surface area contributed by atoms with Crippen LogP contribution in [0.2, 0.25) is 0 Å². The molecule has 1 saturated heterocycles. The minimum Gasteiger partial charge on any atom is -0.305 e. The van der Waals surface area contributed by atoms with Gasteiger partial charge in [0.05, 0.1) is 0 Å². The molecule has 1 aliphatic heterocycles. The number of hydrogen-bond donors (Lipinski definition) is 0. The summed E-state index contributed by atoms with van der Waals surface area (Å²) in [4.78, 5) is 22.2. The summed E-state index contributed by atoms with van der Waals surface area (Å²) in [6, 6.07) is 20.5. The Bertz CT molecular complexity index is 959. The summed E-state index contributed by atoms with van der Waals surface area (Å²) in [5.41, 5.74) is 5.34. The van der Waals surface area contributed by atoms with Crippen LogP contribution in [-0.2, 0) is 6.54 Å². The fourth-order valence-corrected chi connectivity index (χ4v) is 4.12. The normalized spacial score (nSPS) is 15.1. The Morgan fingerprint density at radius 3 is 2.20 bits per heavy atom. The lowest BCUT2D eigenvalue weighted by Crippen LogP contribution is -2.47. The van der Waals surface area contributed by atoms with E-state index in [-0.39, 0.29) is 11.9 Å². The Morgan fingerprint density at radius 1 is 0.967 bits per heavy atom. The van der Waals surface area contributed by atoms with Crippen molar-refractivity contribution in [2.45, 2.75) is 39.3 Å². The molecule has 4 heteroatoms. The van der Waals surface area contributed by atoms with Crippen molar-refractivity contribution in [2.24, 2.45) is 0 Å². The van der Waals surface area contributed by atoms with E-state index in [0.29, 0.717) is 0 Å². The Labute approximate surface area is 179 Å². The van der Waals surface area contributed by atoms with Crippen LogP contribution in [0.4, 0.5) is 5.69 Å². The molecule has 0 N–H and O–H groups in total. The van der Waals surface area contributed by atoms with Gasteiger partial charge >= 0.3 is 0 Å². The molecule has 0 atom stereocenters. The highest BCUT2D eigenvalue weighted by atomic mass is 16.2. The molecular weight excluding hydrogens is 370 g/mol. The Morgan fingerprint density at radius 2 is 1.60 bits per heavy atom. The molecule has 0 bridgehead atoms. The van der Waals surface area contributed by atoms with E-state index in [1.165, 1.54) is 11.1 Å². The standard InChI is InChI=1S/C26H29N3O/c1-20-5-9-23(10-6-20)26(30)29(24-11-7-21(2)8-12-24)25-13-16-28(17-14-25)19-22-4-3-15-27-18-22/h3-12,15,18,25H,13-14,16-17,19H2,1-2H3. The fraction of sp³-hybridized carbons (Fsp3) is 0.308. The first-order chi connectivity index (χ1) is 14.6. The van der Waals surface area contributed by atoms with Crippen molar-refractivity contribution < 1.29 is 4.79 Å². The van der Waals surface area contributed by atoms with E-state index < -0.39 is 0 Å². The number of hydrogen-bond acceptors (Lipinski definition) is 3. The van der Waals surface area contributed by atoms with Gasteiger partial charge in [0.2, 0.25) is 0 Å². The number of pyridine rings is 1. The molecule has 4 rings (SSSR count). The molecule has 1 fully saturated rings. The predicted molar refractivity (Wildman–Crippen MR) is 122 cm³/mol. The summed E-state index contributed by atoms with van der Waals surface area (Å²) in [6.07, 6.45) is 5.68. The van der Waals surface area contributed by atoms with Crippen molar-refractivity contribution in [2.75, 3.05) is 18.0 Å². The molecular formula is C26H29N3O. The van der Waals surface area contributed by atoms with Gasteiger partial charge in [-0.1, -0.05) is 41.5 Å². The number of carbonyl (C=O) groups excluding carboxylic acids is 1. The number of carbonyl (C=O) groups is 1. The molecule has 2 aromatic carbocycles. The van der Waals surface area contributed by atoms with Gasteiger partial charge in [-0.05, 0) is 62.6 Å². The van der Waals surface area contributed by atoms with Crippen LogP contribution in [0.1, 0.15) is 39.9 Å². The molecule has 0 saturated carbocycles.